The van der Waals surface area contributed by atoms with Gasteiger partial charge in [-0.15, -0.1) is 11.3 Å². The van der Waals surface area contributed by atoms with Crippen LogP contribution in [0.3, 0.4) is 0 Å². The first-order valence-corrected chi connectivity index (χ1v) is 9.17. The van der Waals surface area contributed by atoms with E-state index in [0.29, 0.717) is 12.6 Å². The highest BCUT2D eigenvalue weighted by Crippen LogP contribution is 2.37. The highest BCUT2D eigenvalue weighted by atomic mass is 79.9. The van der Waals surface area contributed by atoms with Gasteiger partial charge in [-0.25, -0.2) is 0 Å². The van der Waals surface area contributed by atoms with Crippen LogP contribution in [-0.2, 0) is 0 Å². The number of hydrogen-bond donors (Lipinski definition) is 1. The van der Waals surface area contributed by atoms with E-state index in [1.807, 2.05) is 0 Å². The third kappa shape index (κ3) is 4.02. The van der Waals surface area contributed by atoms with Crippen LogP contribution in [0.4, 0.5) is 0 Å². The molecule has 1 aromatic heterocycles. The molecular weight excluding hydrogens is 390 g/mol. The summed E-state index contributed by atoms with van der Waals surface area (Å²) in [7, 11) is 0. The minimum absolute atomic E-state index is 0.358. The summed E-state index contributed by atoms with van der Waals surface area (Å²) in [5, 5.41) is 0. The minimum atomic E-state index is 0.358. The standard InChI is InChI=1S/C13H21Br2N3S/c1-2-3-17-4-6-18(7-5-17)11(9-16)12-8-10(14)13(15)19-12/h8,11H,2-7,9,16H2,1H3. The van der Waals surface area contributed by atoms with Gasteiger partial charge in [0.05, 0.1) is 9.83 Å². The fourth-order valence-electron chi connectivity index (χ4n) is 2.59. The second-order valence-electron chi connectivity index (χ2n) is 4.90. The average molecular weight is 411 g/mol. The molecule has 6 heteroatoms. The molecule has 19 heavy (non-hydrogen) atoms. The summed E-state index contributed by atoms with van der Waals surface area (Å²) in [4.78, 5) is 6.42. The topological polar surface area (TPSA) is 32.5 Å². The van der Waals surface area contributed by atoms with Gasteiger partial charge in [0.15, 0.2) is 0 Å². The molecule has 0 aliphatic carbocycles. The monoisotopic (exact) mass is 409 g/mol. The predicted octanol–water partition coefficient (Wildman–Crippen LogP) is 3.30. The maximum absolute atomic E-state index is 6.01. The molecular formula is C13H21Br2N3S. The van der Waals surface area contributed by atoms with Gasteiger partial charge >= 0.3 is 0 Å². The number of piperazine rings is 1. The van der Waals surface area contributed by atoms with Crippen molar-refractivity contribution in [2.45, 2.75) is 19.4 Å². The van der Waals surface area contributed by atoms with Gasteiger partial charge in [-0.2, -0.15) is 0 Å². The van der Waals surface area contributed by atoms with E-state index in [2.05, 4.69) is 54.6 Å². The molecule has 0 bridgehead atoms. The van der Waals surface area contributed by atoms with Crippen molar-refractivity contribution in [1.29, 1.82) is 0 Å². The van der Waals surface area contributed by atoms with Gasteiger partial charge in [0.25, 0.3) is 0 Å². The van der Waals surface area contributed by atoms with Crippen LogP contribution in [0.15, 0.2) is 14.3 Å². The van der Waals surface area contributed by atoms with Crippen LogP contribution in [-0.4, -0.2) is 49.1 Å². The van der Waals surface area contributed by atoms with Crippen LogP contribution in [0.2, 0.25) is 0 Å². The van der Waals surface area contributed by atoms with Crippen LogP contribution < -0.4 is 5.73 Å². The molecule has 1 atom stereocenters. The Balaban J connectivity index is 1.99. The Bertz CT molecular complexity index is 383. The van der Waals surface area contributed by atoms with Crippen LogP contribution >= 0.6 is 43.2 Å². The van der Waals surface area contributed by atoms with Crippen molar-refractivity contribution in [2.24, 2.45) is 5.73 Å². The minimum Gasteiger partial charge on any atom is -0.329 e. The summed E-state index contributed by atoms with van der Waals surface area (Å²) in [6.45, 7) is 8.72. The van der Waals surface area contributed by atoms with E-state index in [-0.39, 0.29) is 0 Å². The SMILES string of the molecule is CCCN1CCN(C(CN)c2cc(Br)c(Br)s2)CC1. The third-order valence-corrected chi connectivity index (χ3v) is 6.96. The van der Waals surface area contributed by atoms with Crippen LogP contribution in [0.1, 0.15) is 24.3 Å². The van der Waals surface area contributed by atoms with Crippen molar-refractivity contribution in [1.82, 2.24) is 9.80 Å². The van der Waals surface area contributed by atoms with E-state index >= 15 is 0 Å². The highest BCUT2D eigenvalue weighted by molar-refractivity contribution is 9.13. The Labute approximate surface area is 136 Å². The molecule has 1 saturated heterocycles. The highest BCUT2D eigenvalue weighted by Gasteiger charge is 2.25. The lowest BCUT2D eigenvalue weighted by atomic mass is 10.1. The second kappa shape index (κ2) is 7.52. The Hall–Kier alpha value is 0.540. The Kier molecular flexibility index (Phi) is 6.30. The summed E-state index contributed by atoms with van der Waals surface area (Å²) in [5.41, 5.74) is 6.01. The summed E-state index contributed by atoms with van der Waals surface area (Å²) in [5.74, 6) is 0. The fourth-order valence-corrected chi connectivity index (χ4v) is 4.83. The zero-order chi connectivity index (χ0) is 13.8. The smallest absolute Gasteiger partial charge is 0.0843 e. The molecule has 0 radical (unpaired) electrons. The molecule has 1 unspecified atom stereocenters. The first-order chi connectivity index (χ1) is 9.15. The first kappa shape index (κ1) is 15.9. The van der Waals surface area contributed by atoms with Gasteiger partial charge in [0.1, 0.15) is 0 Å². The average Bonchev–Trinajstić information content (AvgIpc) is 2.73. The Morgan fingerprint density at radius 1 is 1.32 bits per heavy atom. The normalized spacial score (nSPS) is 19.8. The quantitative estimate of drug-likeness (QED) is 0.808. The fraction of sp³-hybridized carbons (Fsp3) is 0.692. The molecule has 2 heterocycles. The van der Waals surface area contributed by atoms with E-state index in [1.54, 1.807) is 11.3 Å². The van der Waals surface area contributed by atoms with Gasteiger partial charge in [-0.1, -0.05) is 6.92 Å². The number of halogens is 2. The van der Waals surface area contributed by atoms with Crippen molar-refractivity contribution in [3.05, 3.63) is 19.2 Å². The van der Waals surface area contributed by atoms with Crippen molar-refractivity contribution >= 4 is 43.2 Å². The Morgan fingerprint density at radius 3 is 2.47 bits per heavy atom. The van der Waals surface area contributed by atoms with Crippen LogP contribution in [0.5, 0.6) is 0 Å². The molecule has 108 valence electrons. The van der Waals surface area contributed by atoms with Crippen molar-refractivity contribution in [3.8, 4) is 0 Å². The molecule has 0 amide bonds. The number of thiophene rings is 1. The number of nitrogens with two attached hydrogens (primary N) is 1. The van der Waals surface area contributed by atoms with Gasteiger partial charge in [-0.3, -0.25) is 4.90 Å². The number of hydrogen-bond acceptors (Lipinski definition) is 4. The zero-order valence-electron chi connectivity index (χ0n) is 11.2. The largest absolute Gasteiger partial charge is 0.329 e. The molecule has 1 aliphatic rings. The van der Waals surface area contributed by atoms with Gasteiger partial charge in [0, 0.05) is 42.1 Å². The lowest BCUT2D eigenvalue weighted by Crippen LogP contribution is -2.48. The van der Waals surface area contributed by atoms with Crippen LogP contribution in [0.25, 0.3) is 0 Å². The number of rotatable bonds is 5. The summed E-state index contributed by atoms with van der Waals surface area (Å²) >= 11 is 8.92. The van der Waals surface area contributed by atoms with E-state index in [1.165, 1.54) is 17.8 Å². The zero-order valence-corrected chi connectivity index (χ0v) is 15.2. The summed E-state index contributed by atoms with van der Waals surface area (Å²) in [6.07, 6.45) is 1.24. The van der Waals surface area contributed by atoms with Crippen molar-refractivity contribution in [2.75, 3.05) is 39.3 Å². The second-order valence-corrected chi connectivity index (χ2v) is 8.16. The summed E-state index contributed by atoms with van der Waals surface area (Å²) < 4.78 is 2.29. The van der Waals surface area contributed by atoms with E-state index in [0.717, 1.165) is 34.4 Å². The molecule has 1 aromatic rings. The lowest BCUT2D eigenvalue weighted by molar-refractivity contribution is 0.0998. The number of nitrogens with zero attached hydrogens (tertiary/aromatic N) is 2. The lowest BCUT2D eigenvalue weighted by Gasteiger charge is -2.38. The first-order valence-electron chi connectivity index (χ1n) is 6.77. The van der Waals surface area contributed by atoms with Crippen molar-refractivity contribution in [3.63, 3.8) is 0 Å². The molecule has 3 nitrogen and oxygen atoms in total. The molecule has 0 aromatic carbocycles. The van der Waals surface area contributed by atoms with Gasteiger partial charge in [0.2, 0.25) is 0 Å². The predicted molar refractivity (Wildman–Crippen MR) is 89.8 cm³/mol. The van der Waals surface area contributed by atoms with E-state index in [9.17, 15) is 0 Å². The summed E-state index contributed by atoms with van der Waals surface area (Å²) in [6, 6.07) is 2.56. The Morgan fingerprint density at radius 2 is 2.00 bits per heavy atom. The molecule has 0 saturated carbocycles. The van der Waals surface area contributed by atoms with E-state index in [4.69, 9.17) is 5.73 Å². The van der Waals surface area contributed by atoms with Crippen LogP contribution in [0, 0.1) is 0 Å². The molecule has 2 rings (SSSR count). The maximum Gasteiger partial charge on any atom is 0.0843 e. The van der Waals surface area contributed by atoms with E-state index < -0.39 is 0 Å². The molecule has 2 N–H and O–H groups in total. The maximum atomic E-state index is 6.01. The molecule has 1 fully saturated rings. The molecule has 1 aliphatic heterocycles. The van der Waals surface area contributed by atoms with Crippen molar-refractivity contribution < 1.29 is 0 Å². The molecule has 0 spiro atoms. The third-order valence-electron chi connectivity index (χ3n) is 3.60. The van der Waals surface area contributed by atoms with Gasteiger partial charge in [-0.05, 0) is 50.9 Å². The van der Waals surface area contributed by atoms with Gasteiger partial charge < -0.3 is 10.6 Å².